The minimum absolute atomic E-state index is 0.0557. The number of nitrogens with zero attached hydrogens (tertiary/aromatic N) is 1. The molecule has 3 unspecified atom stereocenters. The molecule has 5 nitrogen and oxygen atoms in total. The molecule has 1 spiro atoms. The second kappa shape index (κ2) is 8.58. The number of carbonyl (C=O) groups is 1. The van der Waals surface area contributed by atoms with Gasteiger partial charge in [-0.3, -0.25) is 9.78 Å². The zero-order valence-electron chi connectivity index (χ0n) is 19.4. The smallest absolute Gasteiger partial charge is 0.309 e. The Morgan fingerprint density at radius 1 is 1.15 bits per heavy atom. The normalized spacial score (nSPS) is 34.2. The number of carbonyl (C=O) groups excluding carboxylic acids is 1. The lowest BCUT2D eigenvalue weighted by Crippen LogP contribution is -2.49. The molecule has 0 N–H and O–H groups in total. The first kappa shape index (κ1) is 21.9. The molecular formula is C28H30FNO4. The van der Waals surface area contributed by atoms with E-state index in [-0.39, 0.29) is 35.6 Å². The molecule has 4 fully saturated rings. The Balaban J connectivity index is 1.25. The molecule has 0 bridgehead atoms. The van der Waals surface area contributed by atoms with E-state index in [0.717, 1.165) is 42.5 Å². The van der Waals surface area contributed by atoms with Gasteiger partial charge in [0.2, 0.25) is 0 Å². The molecule has 6 heteroatoms. The summed E-state index contributed by atoms with van der Waals surface area (Å²) in [6, 6.07) is 10.5. The third-order valence-electron chi connectivity index (χ3n) is 8.39. The van der Waals surface area contributed by atoms with Gasteiger partial charge in [-0.25, -0.2) is 4.39 Å². The monoisotopic (exact) mass is 463 g/mol. The predicted molar refractivity (Wildman–Crippen MR) is 125 cm³/mol. The molecule has 4 aliphatic rings. The van der Waals surface area contributed by atoms with E-state index in [1.54, 1.807) is 12.3 Å². The molecule has 6 atom stereocenters. The summed E-state index contributed by atoms with van der Waals surface area (Å²) in [6.07, 6.45) is 9.67. The fourth-order valence-corrected chi connectivity index (χ4v) is 6.90. The van der Waals surface area contributed by atoms with Gasteiger partial charge in [0.1, 0.15) is 11.9 Å². The number of aromatic nitrogens is 1. The second-order valence-electron chi connectivity index (χ2n) is 10.3. The highest BCUT2D eigenvalue weighted by Gasteiger charge is 2.57. The van der Waals surface area contributed by atoms with Crippen LogP contribution in [-0.2, 0) is 19.0 Å². The lowest BCUT2D eigenvalue weighted by atomic mass is 9.56. The number of benzene rings is 1. The highest BCUT2D eigenvalue weighted by molar-refractivity contribution is 5.75. The summed E-state index contributed by atoms with van der Waals surface area (Å²) in [5.74, 6) is 0.455. The van der Waals surface area contributed by atoms with Crippen LogP contribution in [0.15, 0.2) is 48.7 Å². The van der Waals surface area contributed by atoms with Crippen molar-refractivity contribution in [3.63, 3.8) is 0 Å². The van der Waals surface area contributed by atoms with E-state index in [1.807, 2.05) is 25.1 Å². The van der Waals surface area contributed by atoms with Gasteiger partial charge in [0.15, 0.2) is 5.79 Å². The van der Waals surface area contributed by atoms with Crippen LogP contribution in [0.25, 0.3) is 17.2 Å². The van der Waals surface area contributed by atoms with Crippen LogP contribution in [0.3, 0.4) is 0 Å². The molecule has 3 heterocycles. The zero-order valence-corrected chi connectivity index (χ0v) is 19.4. The molecule has 0 radical (unpaired) electrons. The SMILES string of the molecule is C[C@H]1OC(=O)C2C[C@@H]3CC4(CCC3C(C=Cc3ccc(-c5cccc(F)c5)cn3)[C@@H]21)OCCO4. The van der Waals surface area contributed by atoms with Crippen molar-refractivity contribution in [1.29, 1.82) is 0 Å². The van der Waals surface area contributed by atoms with Crippen LogP contribution in [0, 0.1) is 35.4 Å². The molecule has 2 saturated heterocycles. The zero-order chi connectivity index (χ0) is 23.3. The van der Waals surface area contributed by atoms with Crippen molar-refractivity contribution in [3.05, 3.63) is 60.2 Å². The third-order valence-corrected chi connectivity index (χ3v) is 8.39. The van der Waals surface area contributed by atoms with Gasteiger partial charge < -0.3 is 14.2 Å². The lowest BCUT2D eigenvalue weighted by molar-refractivity contribution is -0.204. The number of allylic oxidation sites excluding steroid dienone is 1. The fraction of sp³-hybridized carbons (Fsp3) is 0.500. The van der Waals surface area contributed by atoms with Crippen molar-refractivity contribution in [1.82, 2.24) is 4.98 Å². The predicted octanol–water partition coefficient (Wildman–Crippen LogP) is 5.26. The maximum atomic E-state index is 13.6. The molecule has 2 aliphatic heterocycles. The Kier molecular flexibility index (Phi) is 5.53. The number of fused-ring (bicyclic) bond motifs is 2. The van der Waals surface area contributed by atoms with Crippen LogP contribution in [0.5, 0.6) is 0 Å². The van der Waals surface area contributed by atoms with Gasteiger partial charge in [-0.15, -0.1) is 0 Å². The Labute approximate surface area is 199 Å². The maximum Gasteiger partial charge on any atom is 0.309 e. The van der Waals surface area contributed by atoms with Crippen LogP contribution in [0.2, 0.25) is 0 Å². The molecule has 2 aliphatic carbocycles. The van der Waals surface area contributed by atoms with Crippen molar-refractivity contribution in [2.24, 2.45) is 29.6 Å². The van der Waals surface area contributed by atoms with Crippen molar-refractivity contribution < 1.29 is 23.4 Å². The summed E-state index contributed by atoms with van der Waals surface area (Å²) in [7, 11) is 0. The molecule has 6 rings (SSSR count). The first-order chi connectivity index (χ1) is 16.5. The van der Waals surface area contributed by atoms with Crippen LogP contribution in [-0.4, -0.2) is 36.1 Å². The third kappa shape index (κ3) is 3.87. The Morgan fingerprint density at radius 3 is 2.76 bits per heavy atom. The number of cyclic esters (lactones) is 1. The van der Waals surface area contributed by atoms with Crippen LogP contribution < -0.4 is 0 Å². The topological polar surface area (TPSA) is 57.7 Å². The number of hydrogen-bond acceptors (Lipinski definition) is 5. The van der Waals surface area contributed by atoms with Gasteiger partial charge in [-0.1, -0.05) is 24.3 Å². The van der Waals surface area contributed by atoms with Gasteiger partial charge in [0, 0.05) is 30.5 Å². The molecule has 2 aromatic rings. The van der Waals surface area contributed by atoms with Crippen LogP contribution in [0.4, 0.5) is 4.39 Å². The highest BCUT2D eigenvalue weighted by atomic mass is 19.1. The lowest BCUT2D eigenvalue weighted by Gasteiger charge is -2.49. The summed E-state index contributed by atoms with van der Waals surface area (Å²) >= 11 is 0. The van der Waals surface area contributed by atoms with E-state index < -0.39 is 5.79 Å². The van der Waals surface area contributed by atoms with Crippen molar-refractivity contribution in [2.75, 3.05) is 13.2 Å². The number of ether oxygens (including phenoxy) is 3. The average molecular weight is 464 g/mol. The van der Waals surface area contributed by atoms with E-state index in [9.17, 15) is 9.18 Å². The largest absolute Gasteiger partial charge is 0.462 e. The second-order valence-corrected chi connectivity index (χ2v) is 10.3. The minimum atomic E-state index is -0.454. The first-order valence-electron chi connectivity index (χ1n) is 12.4. The number of hydrogen-bond donors (Lipinski definition) is 0. The Morgan fingerprint density at radius 2 is 2.00 bits per heavy atom. The molecule has 178 valence electrons. The molecular weight excluding hydrogens is 433 g/mol. The number of pyridine rings is 1. The maximum absolute atomic E-state index is 13.6. The summed E-state index contributed by atoms with van der Waals surface area (Å²) in [5, 5.41) is 0. The van der Waals surface area contributed by atoms with Gasteiger partial charge in [-0.2, -0.15) is 0 Å². The van der Waals surface area contributed by atoms with Gasteiger partial charge >= 0.3 is 5.97 Å². The molecule has 1 aromatic heterocycles. The quantitative estimate of drug-likeness (QED) is 0.582. The summed E-state index contributed by atoms with van der Waals surface area (Å²) in [5.41, 5.74) is 2.54. The molecule has 0 amide bonds. The summed E-state index contributed by atoms with van der Waals surface area (Å²) < 4.78 is 31.3. The van der Waals surface area contributed by atoms with E-state index in [2.05, 4.69) is 17.1 Å². The highest BCUT2D eigenvalue weighted by Crippen LogP contribution is 2.56. The van der Waals surface area contributed by atoms with Crippen molar-refractivity contribution >= 4 is 12.0 Å². The van der Waals surface area contributed by atoms with Gasteiger partial charge in [-0.05, 0) is 67.4 Å². The van der Waals surface area contributed by atoms with E-state index >= 15 is 0 Å². The Hall–Kier alpha value is -2.57. The van der Waals surface area contributed by atoms with E-state index in [0.29, 0.717) is 25.0 Å². The standard InChI is InChI=1S/C28H30FNO4/c1-17-26-24(8-7-22-6-5-19(16-30-22)18-3-2-4-21(29)13-18)23-9-10-28(32-11-12-33-28)15-20(23)14-25(26)27(31)34-17/h2-8,13,16-17,20,23-26H,9-12,14-15H2,1H3/t17-,20-,23?,24?,25?,26+/m1/s1. The van der Waals surface area contributed by atoms with Crippen LogP contribution >= 0.6 is 0 Å². The Bertz CT molecular complexity index is 1090. The fourth-order valence-electron chi connectivity index (χ4n) is 6.90. The number of halogens is 1. The summed E-state index contributed by atoms with van der Waals surface area (Å²) in [4.78, 5) is 17.3. The van der Waals surface area contributed by atoms with Crippen LogP contribution in [0.1, 0.15) is 38.3 Å². The number of rotatable bonds is 3. The minimum Gasteiger partial charge on any atom is -0.462 e. The van der Waals surface area contributed by atoms with Gasteiger partial charge in [0.05, 0.1) is 24.8 Å². The molecule has 1 aromatic carbocycles. The van der Waals surface area contributed by atoms with Crippen molar-refractivity contribution in [3.8, 4) is 11.1 Å². The molecule has 2 saturated carbocycles. The van der Waals surface area contributed by atoms with Gasteiger partial charge in [0.25, 0.3) is 0 Å². The molecule has 34 heavy (non-hydrogen) atoms. The number of esters is 1. The first-order valence-corrected chi connectivity index (χ1v) is 12.4. The van der Waals surface area contributed by atoms with E-state index in [4.69, 9.17) is 14.2 Å². The van der Waals surface area contributed by atoms with E-state index in [1.165, 1.54) is 12.1 Å². The van der Waals surface area contributed by atoms with Crippen molar-refractivity contribution in [2.45, 2.75) is 44.5 Å². The average Bonchev–Trinajstić information content (AvgIpc) is 3.40. The summed E-state index contributed by atoms with van der Waals surface area (Å²) in [6.45, 7) is 3.34.